The smallest absolute Gasteiger partial charge is 0.224 e. The van der Waals surface area contributed by atoms with E-state index < -0.39 is 0 Å². The zero-order valence-electron chi connectivity index (χ0n) is 9.54. The third-order valence-electron chi connectivity index (χ3n) is 2.29. The van der Waals surface area contributed by atoms with E-state index in [1.54, 1.807) is 18.2 Å². The van der Waals surface area contributed by atoms with Crippen LogP contribution in [0, 0.1) is 12.7 Å². The maximum atomic E-state index is 13.5. The number of nitrogens with zero attached hydrogens (tertiary/aromatic N) is 2. The van der Waals surface area contributed by atoms with Crippen LogP contribution in [0.1, 0.15) is 11.3 Å². The first kappa shape index (κ1) is 13.2. The molecule has 1 heterocycles. The number of benzene rings is 1. The van der Waals surface area contributed by atoms with Gasteiger partial charge in [0.2, 0.25) is 5.28 Å². The maximum Gasteiger partial charge on any atom is 0.224 e. The largest absolute Gasteiger partial charge is 0.366 e. The molecular weight excluding hydrogens is 321 g/mol. The van der Waals surface area contributed by atoms with Crippen molar-refractivity contribution in [1.29, 1.82) is 0 Å². The number of anilines is 1. The second kappa shape index (κ2) is 5.63. The Morgan fingerprint density at radius 3 is 2.83 bits per heavy atom. The first-order chi connectivity index (χ1) is 8.54. The van der Waals surface area contributed by atoms with E-state index in [9.17, 15) is 4.39 Å². The van der Waals surface area contributed by atoms with Crippen LogP contribution >= 0.6 is 27.5 Å². The normalized spacial score (nSPS) is 10.4. The van der Waals surface area contributed by atoms with Crippen molar-refractivity contribution >= 4 is 33.3 Å². The van der Waals surface area contributed by atoms with Crippen molar-refractivity contribution in [2.75, 3.05) is 5.32 Å². The summed E-state index contributed by atoms with van der Waals surface area (Å²) in [4.78, 5) is 7.96. The minimum Gasteiger partial charge on any atom is -0.366 e. The van der Waals surface area contributed by atoms with Crippen molar-refractivity contribution in [3.63, 3.8) is 0 Å². The van der Waals surface area contributed by atoms with Crippen LogP contribution in [-0.4, -0.2) is 9.97 Å². The van der Waals surface area contributed by atoms with E-state index in [2.05, 4.69) is 31.2 Å². The van der Waals surface area contributed by atoms with Gasteiger partial charge >= 0.3 is 0 Å². The summed E-state index contributed by atoms with van der Waals surface area (Å²) in [7, 11) is 0. The quantitative estimate of drug-likeness (QED) is 0.866. The van der Waals surface area contributed by atoms with Gasteiger partial charge < -0.3 is 5.32 Å². The van der Waals surface area contributed by atoms with Gasteiger partial charge in [0.15, 0.2) is 0 Å². The summed E-state index contributed by atoms with van der Waals surface area (Å²) in [5, 5.41) is 3.19. The van der Waals surface area contributed by atoms with Gasteiger partial charge in [-0.05, 0) is 36.7 Å². The number of rotatable bonds is 3. The SMILES string of the molecule is Cc1cc(NCc2cc(Br)ccc2F)nc(Cl)n1. The van der Waals surface area contributed by atoms with Crippen LogP contribution in [0.2, 0.25) is 5.28 Å². The highest BCUT2D eigenvalue weighted by Gasteiger charge is 2.04. The standard InChI is InChI=1S/C12H10BrClFN3/c1-7-4-11(18-12(14)17-7)16-6-8-5-9(13)2-3-10(8)15/h2-5H,6H2,1H3,(H,16,17,18). The van der Waals surface area contributed by atoms with Crippen LogP contribution in [0.15, 0.2) is 28.7 Å². The van der Waals surface area contributed by atoms with Gasteiger partial charge in [-0.2, -0.15) is 0 Å². The number of aryl methyl sites for hydroxylation is 1. The summed E-state index contributed by atoms with van der Waals surface area (Å²) in [6.07, 6.45) is 0. The molecule has 0 amide bonds. The van der Waals surface area contributed by atoms with Crippen molar-refractivity contribution in [3.05, 3.63) is 51.1 Å². The van der Waals surface area contributed by atoms with E-state index in [1.165, 1.54) is 6.07 Å². The summed E-state index contributed by atoms with van der Waals surface area (Å²) in [6, 6.07) is 6.55. The molecule has 3 nitrogen and oxygen atoms in total. The lowest BCUT2D eigenvalue weighted by Crippen LogP contribution is -2.04. The first-order valence-electron chi connectivity index (χ1n) is 5.23. The molecule has 0 radical (unpaired) electrons. The summed E-state index contributed by atoms with van der Waals surface area (Å²) in [5.74, 6) is 0.314. The van der Waals surface area contributed by atoms with Crippen molar-refractivity contribution < 1.29 is 4.39 Å². The number of hydrogen-bond donors (Lipinski definition) is 1. The van der Waals surface area contributed by atoms with Crippen LogP contribution < -0.4 is 5.32 Å². The van der Waals surface area contributed by atoms with Crippen molar-refractivity contribution in [2.24, 2.45) is 0 Å². The van der Waals surface area contributed by atoms with E-state index in [-0.39, 0.29) is 11.1 Å². The van der Waals surface area contributed by atoms with E-state index in [4.69, 9.17) is 11.6 Å². The molecule has 0 fully saturated rings. The minimum atomic E-state index is -0.262. The van der Waals surface area contributed by atoms with Crippen LogP contribution in [0.4, 0.5) is 10.2 Å². The Balaban J connectivity index is 2.13. The second-order valence-corrected chi connectivity index (χ2v) is 5.01. The molecule has 0 bridgehead atoms. The molecule has 18 heavy (non-hydrogen) atoms. The molecule has 1 aromatic heterocycles. The van der Waals surface area contributed by atoms with Crippen molar-refractivity contribution in [3.8, 4) is 0 Å². The van der Waals surface area contributed by atoms with E-state index >= 15 is 0 Å². The Morgan fingerprint density at radius 1 is 1.33 bits per heavy atom. The van der Waals surface area contributed by atoms with Crippen LogP contribution in [0.25, 0.3) is 0 Å². The lowest BCUT2D eigenvalue weighted by molar-refractivity contribution is 0.612. The van der Waals surface area contributed by atoms with Gasteiger partial charge in [-0.3, -0.25) is 0 Å². The summed E-state index contributed by atoms with van der Waals surface area (Å²) < 4.78 is 14.3. The fourth-order valence-corrected chi connectivity index (χ4v) is 2.12. The lowest BCUT2D eigenvalue weighted by atomic mass is 10.2. The van der Waals surface area contributed by atoms with Gasteiger partial charge in [0, 0.05) is 28.3 Å². The molecule has 2 rings (SSSR count). The lowest BCUT2D eigenvalue weighted by Gasteiger charge is -2.08. The Kier molecular flexibility index (Phi) is 4.14. The van der Waals surface area contributed by atoms with E-state index in [0.29, 0.717) is 17.9 Å². The average molecular weight is 331 g/mol. The minimum absolute atomic E-state index is 0.173. The number of nitrogens with one attached hydrogen (secondary N) is 1. The maximum absolute atomic E-state index is 13.5. The third kappa shape index (κ3) is 3.40. The monoisotopic (exact) mass is 329 g/mol. The molecule has 94 valence electrons. The molecule has 0 aliphatic rings. The molecule has 1 N–H and O–H groups in total. The predicted octanol–water partition coefficient (Wildman–Crippen LogP) is 3.95. The average Bonchev–Trinajstić information content (AvgIpc) is 2.29. The van der Waals surface area contributed by atoms with Crippen molar-refractivity contribution in [2.45, 2.75) is 13.5 Å². The molecule has 0 aliphatic heterocycles. The highest BCUT2D eigenvalue weighted by Crippen LogP contribution is 2.17. The van der Waals surface area contributed by atoms with E-state index in [0.717, 1.165) is 10.2 Å². The fraction of sp³-hybridized carbons (Fsp3) is 0.167. The van der Waals surface area contributed by atoms with Gasteiger partial charge in [-0.25, -0.2) is 14.4 Å². The summed E-state index contributed by atoms with van der Waals surface area (Å²) in [5.41, 5.74) is 1.31. The molecular formula is C12H10BrClFN3. The fourth-order valence-electron chi connectivity index (χ4n) is 1.49. The summed E-state index contributed by atoms with van der Waals surface area (Å²) in [6.45, 7) is 2.15. The summed E-state index contributed by atoms with van der Waals surface area (Å²) >= 11 is 9.05. The molecule has 0 aliphatic carbocycles. The van der Waals surface area contributed by atoms with Crippen LogP contribution in [0.5, 0.6) is 0 Å². The molecule has 6 heteroatoms. The third-order valence-corrected chi connectivity index (χ3v) is 2.96. The van der Waals surface area contributed by atoms with E-state index in [1.807, 2.05) is 6.92 Å². The molecule has 0 spiro atoms. The number of hydrogen-bond acceptors (Lipinski definition) is 3. The van der Waals surface area contributed by atoms with Gasteiger partial charge in [0.05, 0.1) is 0 Å². The highest BCUT2D eigenvalue weighted by atomic mass is 79.9. The zero-order chi connectivity index (χ0) is 13.1. The highest BCUT2D eigenvalue weighted by molar-refractivity contribution is 9.10. The zero-order valence-corrected chi connectivity index (χ0v) is 11.9. The van der Waals surface area contributed by atoms with Gasteiger partial charge in [-0.1, -0.05) is 15.9 Å². The van der Waals surface area contributed by atoms with Gasteiger partial charge in [0.1, 0.15) is 11.6 Å². The predicted molar refractivity (Wildman–Crippen MR) is 73.2 cm³/mol. The molecule has 2 aromatic rings. The number of halogens is 3. The first-order valence-corrected chi connectivity index (χ1v) is 6.40. The molecule has 0 unspecified atom stereocenters. The number of aromatic nitrogens is 2. The Hall–Kier alpha value is -1.20. The second-order valence-electron chi connectivity index (χ2n) is 3.75. The topological polar surface area (TPSA) is 37.8 Å². The van der Waals surface area contributed by atoms with Gasteiger partial charge in [0.25, 0.3) is 0 Å². The van der Waals surface area contributed by atoms with Crippen LogP contribution in [0.3, 0.4) is 0 Å². The van der Waals surface area contributed by atoms with Crippen molar-refractivity contribution in [1.82, 2.24) is 9.97 Å². The molecule has 0 saturated carbocycles. The van der Waals surface area contributed by atoms with Gasteiger partial charge in [-0.15, -0.1) is 0 Å². The molecule has 1 aromatic carbocycles. The molecule has 0 atom stereocenters. The van der Waals surface area contributed by atoms with Crippen LogP contribution in [-0.2, 0) is 6.54 Å². The Morgan fingerprint density at radius 2 is 2.11 bits per heavy atom. The molecule has 0 saturated heterocycles. The Labute approximate surface area is 118 Å². The Bertz CT molecular complexity index is 557.